The monoisotopic (exact) mass is 243 g/mol. The molecule has 0 saturated heterocycles. The van der Waals surface area contributed by atoms with Gasteiger partial charge in [-0.3, -0.25) is 9.59 Å². The van der Waals surface area contributed by atoms with Gasteiger partial charge in [0.25, 0.3) is 5.91 Å². The van der Waals surface area contributed by atoms with Gasteiger partial charge in [0.1, 0.15) is 11.8 Å². The zero-order valence-electron chi connectivity index (χ0n) is 8.97. The lowest BCUT2D eigenvalue weighted by Gasteiger charge is -2.16. The Morgan fingerprint density at radius 3 is 2.65 bits per heavy atom. The van der Waals surface area contributed by atoms with E-state index in [1.165, 1.54) is 0 Å². The lowest BCUT2D eigenvalue weighted by atomic mass is 10.1. The second-order valence-corrected chi connectivity index (χ2v) is 3.47. The smallest absolute Gasteiger partial charge is 0.326 e. The second-order valence-electron chi connectivity index (χ2n) is 3.47. The third kappa shape index (κ3) is 3.83. The van der Waals surface area contributed by atoms with Crippen LogP contribution in [0.2, 0.25) is 0 Å². The Labute approximate surface area is 96.7 Å². The quantitative estimate of drug-likeness (QED) is 0.453. The van der Waals surface area contributed by atoms with Crippen LogP contribution >= 0.6 is 0 Å². The summed E-state index contributed by atoms with van der Waals surface area (Å²) in [5.74, 6) is -2.16. The Balaban J connectivity index is 2.58. The number of nitrogens with zero attached hydrogens (tertiary/aromatic N) is 1. The molecule has 94 valence electrons. The highest BCUT2D eigenvalue weighted by molar-refractivity contribution is 6.39. The molecular formula is C9H13N3O5. The first-order valence-electron chi connectivity index (χ1n) is 5.04. The van der Waals surface area contributed by atoms with Crippen LogP contribution in [0, 0.1) is 0 Å². The van der Waals surface area contributed by atoms with Gasteiger partial charge in [0, 0.05) is 25.9 Å². The van der Waals surface area contributed by atoms with E-state index in [1.54, 1.807) is 0 Å². The second kappa shape index (κ2) is 5.94. The molecule has 2 amide bonds. The third-order valence-corrected chi connectivity index (χ3v) is 2.19. The summed E-state index contributed by atoms with van der Waals surface area (Å²) in [6.07, 6.45) is 0.230. The summed E-state index contributed by atoms with van der Waals surface area (Å²) in [6, 6.07) is -1.16. The number of hydrazone groups is 1. The van der Waals surface area contributed by atoms with Crippen LogP contribution in [-0.4, -0.2) is 46.4 Å². The van der Waals surface area contributed by atoms with Crippen LogP contribution < -0.4 is 10.7 Å². The molecule has 17 heavy (non-hydrogen) atoms. The molecule has 0 aromatic heterocycles. The molecule has 0 aromatic rings. The van der Waals surface area contributed by atoms with Gasteiger partial charge in [0.2, 0.25) is 5.91 Å². The van der Waals surface area contributed by atoms with E-state index in [0.717, 1.165) is 0 Å². The van der Waals surface area contributed by atoms with Crippen molar-refractivity contribution in [2.45, 2.75) is 25.3 Å². The van der Waals surface area contributed by atoms with Crippen LogP contribution in [0.25, 0.3) is 0 Å². The van der Waals surface area contributed by atoms with E-state index in [-0.39, 0.29) is 37.5 Å². The van der Waals surface area contributed by atoms with Gasteiger partial charge in [0.15, 0.2) is 0 Å². The van der Waals surface area contributed by atoms with E-state index in [2.05, 4.69) is 15.8 Å². The molecule has 1 aliphatic rings. The van der Waals surface area contributed by atoms with Crippen molar-refractivity contribution in [2.24, 2.45) is 5.10 Å². The number of amides is 2. The molecule has 0 saturated carbocycles. The fraction of sp³-hybridized carbons (Fsp3) is 0.556. The fourth-order valence-electron chi connectivity index (χ4n) is 1.27. The zero-order valence-corrected chi connectivity index (χ0v) is 8.97. The number of aliphatic hydroxyl groups is 1. The van der Waals surface area contributed by atoms with Gasteiger partial charge in [-0.25, -0.2) is 10.2 Å². The van der Waals surface area contributed by atoms with Crippen LogP contribution in [0.3, 0.4) is 0 Å². The molecule has 0 aromatic carbocycles. The Morgan fingerprint density at radius 1 is 1.47 bits per heavy atom. The minimum Gasteiger partial charge on any atom is -0.480 e. The third-order valence-electron chi connectivity index (χ3n) is 2.19. The topological polar surface area (TPSA) is 128 Å². The average Bonchev–Trinajstić information content (AvgIpc) is 2.29. The molecule has 4 N–H and O–H groups in total. The van der Waals surface area contributed by atoms with Crippen molar-refractivity contribution in [1.82, 2.24) is 10.7 Å². The average molecular weight is 243 g/mol. The molecule has 8 nitrogen and oxygen atoms in total. The van der Waals surface area contributed by atoms with Crippen molar-refractivity contribution in [2.75, 3.05) is 6.61 Å². The number of carboxylic acids is 1. The first kappa shape index (κ1) is 13.1. The largest absolute Gasteiger partial charge is 0.480 e. The molecule has 1 atom stereocenters. The molecule has 1 unspecified atom stereocenters. The number of carboxylic acid groups (broad SMARTS) is 1. The predicted octanol–water partition coefficient (Wildman–Crippen LogP) is -1.80. The molecule has 0 bridgehead atoms. The van der Waals surface area contributed by atoms with Crippen LogP contribution in [0.4, 0.5) is 0 Å². The summed E-state index contributed by atoms with van der Waals surface area (Å²) in [5, 5.41) is 23.2. The van der Waals surface area contributed by atoms with Gasteiger partial charge in [-0.1, -0.05) is 0 Å². The summed E-state index contributed by atoms with van der Waals surface area (Å²) >= 11 is 0. The summed E-state index contributed by atoms with van der Waals surface area (Å²) in [6.45, 7) is -0.347. The lowest BCUT2D eigenvalue weighted by Crippen LogP contribution is -2.46. The highest BCUT2D eigenvalue weighted by Gasteiger charge is 2.24. The van der Waals surface area contributed by atoms with Gasteiger partial charge >= 0.3 is 5.97 Å². The number of carbonyl (C=O) groups excluding carboxylic acids is 2. The van der Waals surface area contributed by atoms with Gasteiger partial charge in [0.05, 0.1) is 0 Å². The van der Waals surface area contributed by atoms with Crippen molar-refractivity contribution in [3.05, 3.63) is 0 Å². The Hall–Kier alpha value is -1.96. The summed E-state index contributed by atoms with van der Waals surface area (Å²) in [4.78, 5) is 33.1. The highest BCUT2D eigenvalue weighted by Crippen LogP contribution is 2.01. The molecule has 1 heterocycles. The fourth-order valence-corrected chi connectivity index (χ4v) is 1.27. The van der Waals surface area contributed by atoms with Crippen molar-refractivity contribution in [1.29, 1.82) is 0 Å². The molecule has 0 radical (unpaired) electrons. The molecular weight excluding hydrogens is 230 g/mol. The molecule has 0 aliphatic carbocycles. The predicted molar refractivity (Wildman–Crippen MR) is 56.1 cm³/mol. The van der Waals surface area contributed by atoms with E-state index in [1.807, 2.05) is 0 Å². The molecule has 0 spiro atoms. The van der Waals surface area contributed by atoms with E-state index >= 15 is 0 Å². The number of aliphatic hydroxyl groups excluding tert-OH is 1. The number of hydrogen-bond acceptors (Lipinski definition) is 5. The SMILES string of the molecule is O=C1CCC(C(=O)NC(CCO)C(=O)O)=NN1. The summed E-state index contributed by atoms with van der Waals surface area (Å²) in [7, 11) is 0. The maximum absolute atomic E-state index is 11.6. The van der Waals surface area contributed by atoms with E-state index < -0.39 is 17.9 Å². The maximum Gasteiger partial charge on any atom is 0.326 e. The van der Waals surface area contributed by atoms with E-state index in [0.29, 0.717) is 0 Å². The summed E-state index contributed by atoms with van der Waals surface area (Å²) in [5.41, 5.74) is 2.22. The van der Waals surface area contributed by atoms with Crippen LogP contribution in [-0.2, 0) is 14.4 Å². The van der Waals surface area contributed by atoms with E-state index in [4.69, 9.17) is 10.2 Å². The Morgan fingerprint density at radius 2 is 2.18 bits per heavy atom. The molecule has 1 rings (SSSR count). The van der Waals surface area contributed by atoms with Gasteiger partial charge in [-0.05, 0) is 0 Å². The zero-order chi connectivity index (χ0) is 12.8. The summed E-state index contributed by atoms with van der Waals surface area (Å²) < 4.78 is 0. The standard InChI is InChI=1S/C9H13N3O5/c13-4-3-6(9(16)17)10-8(15)5-1-2-7(14)12-11-5/h6,13H,1-4H2,(H,10,15)(H,12,14)(H,16,17). The van der Waals surface area contributed by atoms with Crippen LogP contribution in [0.15, 0.2) is 5.10 Å². The minimum atomic E-state index is -1.23. The Kier molecular flexibility index (Phi) is 4.58. The molecule has 0 fully saturated rings. The maximum atomic E-state index is 11.6. The number of nitrogens with one attached hydrogen (secondary N) is 2. The van der Waals surface area contributed by atoms with Gasteiger partial charge < -0.3 is 15.5 Å². The normalized spacial score (nSPS) is 16.8. The van der Waals surface area contributed by atoms with Gasteiger partial charge in [-0.15, -0.1) is 0 Å². The number of aliphatic carboxylic acids is 1. The minimum absolute atomic E-state index is 0.0776. The first-order valence-corrected chi connectivity index (χ1v) is 5.04. The number of hydrogen-bond donors (Lipinski definition) is 4. The van der Waals surface area contributed by atoms with Crippen molar-refractivity contribution in [3.8, 4) is 0 Å². The molecule has 1 aliphatic heterocycles. The van der Waals surface area contributed by atoms with E-state index in [9.17, 15) is 14.4 Å². The number of rotatable bonds is 5. The number of carbonyl (C=O) groups is 3. The Bertz CT molecular complexity index is 366. The van der Waals surface area contributed by atoms with Crippen molar-refractivity contribution >= 4 is 23.5 Å². The molecule has 8 heteroatoms. The van der Waals surface area contributed by atoms with Gasteiger partial charge in [-0.2, -0.15) is 5.10 Å². The van der Waals surface area contributed by atoms with Crippen LogP contribution in [0.5, 0.6) is 0 Å². The highest BCUT2D eigenvalue weighted by atomic mass is 16.4. The van der Waals surface area contributed by atoms with Crippen molar-refractivity contribution < 1.29 is 24.6 Å². The lowest BCUT2D eigenvalue weighted by molar-refractivity contribution is -0.141. The van der Waals surface area contributed by atoms with Crippen molar-refractivity contribution in [3.63, 3.8) is 0 Å². The first-order chi connectivity index (χ1) is 8.04. The van der Waals surface area contributed by atoms with Crippen LogP contribution in [0.1, 0.15) is 19.3 Å².